The van der Waals surface area contributed by atoms with E-state index in [1.165, 1.54) is 18.4 Å². The van der Waals surface area contributed by atoms with Crippen molar-refractivity contribution in [3.8, 4) is 0 Å². The minimum absolute atomic E-state index is 0.189. The van der Waals surface area contributed by atoms with Crippen LogP contribution >= 0.6 is 11.6 Å². The van der Waals surface area contributed by atoms with Crippen molar-refractivity contribution in [2.45, 2.75) is 25.8 Å². The minimum atomic E-state index is -0.189. The quantitative estimate of drug-likeness (QED) is 0.820. The predicted molar refractivity (Wildman–Crippen MR) is 103 cm³/mol. The molecule has 0 radical (unpaired) electrons. The van der Waals surface area contributed by atoms with Gasteiger partial charge in [-0.15, -0.1) is 0 Å². The van der Waals surface area contributed by atoms with Crippen LogP contribution in [0.25, 0.3) is 0 Å². The van der Waals surface area contributed by atoms with Crippen molar-refractivity contribution in [1.82, 2.24) is 10.2 Å². The highest BCUT2D eigenvalue weighted by molar-refractivity contribution is 6.30. The van der Waals surface area contributed by atoms with Crippen LogP contribution in [0.1, 0.15) is 30.0 Å². The number of benzene rings is 2. The molecule has 1 fully saturated rings. The molecule has 2 aromatic rings. The zero-order valence-electron chi connectivity index (χ0n) is 14.5. The van der Waals surface area contributed by atoms with Crippen LogP contribution < -0.4 is 10.6 Å². The van der Waals surface area contributed by atoms with Gasteiger partial charge in [0.2, 0.25) is 0 Å². The summed E-state index contributed by atoms with van der Waals surface area (Å²) in [5, 5.41) is 6.60. The molecule has 1 unspecified atom stereocenters. The van der Waals surface area contributed by atoms with Gasteiger partial charge in [-0.2, -0.15) is 0 Å². The normalized spacial score (nSPS) is 15.8. The molecule has 2 amide bonds. The molecule has 1 heterocycles. The van der Waals surface area contributed by atoms with E-state index in [9.17, 15) is 4.79 Å². The lowest BCUT2D eigenvalue weighted by Gasteiger charge is -2.28. The lowest BCUT2D eigenvalue weighted by atomic mass is 10.1. The molecule has 0 saturated carbocycles. The highest BCUT2D eigenvalue weighted by Crippen LogP contribution is 2.24. The van der Waals surface area contributed by atoms with Gasteiger partial charge in [0.25, 0.3) is 0 Å². The first-order chi connectivity index (χ1) is 12.1. The predicted octanol–water partition coefficient (Wildman–Crippen LogP) is 4.61. The molecular formula is C20H24ClN3O. The van der Waals surface area contributed by atoms with Crippen LogP contribution in [-0.2, 0) is 0 Å². The van der Waals surface area contributed by atoms with Gasteiger partial charge in [0, 0.05) is 17.3 Å². The van der Waals surface area contributed by atoms with E-state index < -0.39 is 0 Å². The van der Waals surface area contributed by atoms with Crippen LogP contribution in [0.15, 0.2) is 48.5 Å². The summed E-state index contributed by atoms with van der Waals surface area (Å²) in [6.45, 7) is 4.68. The first-order valence-electron chi connectivity index (χ1n) is 8.73. The number of carbonyl (C=O) groups is 1. The molecule has 132 valence electrons. The van der Waals surface area contributed by atoms with Gasteiger partial charge in [-0.1, -0.05) is 41.9 Å². The van der Waals surface area contributed by atoms with E-state index in [4.69, 9.17) is 11.6 Å². The van der Waals surface area contributed by atoms with E-state index in [1.807, 2.05) is 25.1 Å². The van der Waals surface area contributed by atoms with Crippen LogP contribution in [-0.4, -0.2) is 30.6 Å². The standard InChI is InChI=1S/C20H24ClN3O/c1-15-13-17(21)9-10-18(15)23-20(25)22-14-19(24-11-5-6-12-24)16-7-3-2-4-8-16/h2-4,7-10,13,19H,5-6,11-12,14H2,1H3,(H2,22,23,25). The third-order valence-electron chi connectivity index (χ3n) is 4.66. The number of halogens is 1. The second-order valence-electron chi connectivity index (χ2n) is 6.46. The number of urea groups is 1. The summed E-state index contributed by atoms with van der Waals surface area (Å²) in [5.74, 6) is 0. The summed E-state index contributed by atoms with van der Waals surface area (Å²) in [5.41, 5.74) is 2.97. The largest absolute Gasteiger partial charge is 0.336 e. The lowest BCUT2D eigenvalue weighted by Crippen LogP contribution is -2.38. The molecule has 1 aliphatic rings. The van der Waals surface area contributed by atoms with Gasteiger partial charge >= 0.3 is 6.03 Å². The molecular weight excluding hydrogens is 334 g/mol. The van der Waals surface area contributed by atoms with E-state index in [1.54, 1.807) is 6.07 Å². The van der Waals surface area contributed by atoms with Gasteiger partial charge in [0.1, 0.15) is 0 Å². The number of carbonyl (C=O) groups excluding carboxylic acids is 1. The summed E-state index contributed by atoms with van der Waals surface area (Å²) in [7, 11) is 0. The molecule has 0 aromatic heterocycles. The smallest absolute Gasteiger partial charge is 0.319 e. The molecule has 4 nitrogen and oxygen atoms in total. The average Bonchev–Trinajstić information content (AvgIpc) is 3.13. The number of aryl methyl sites for hydroxylation is 1. The summed E-state index contributed by atoms with van der Waals surface area (Å²) in [6.07, 6.45) is 2.44. The third-order valence-corrected chi connectivity index (χ3v) is 4.89. The van der Waals surface area contributed by atoms with Crippen molar-refractivity contribution in [3.05, 3.63) is 64.7 Å². The maximum atomic E-state index is 12.3. The Morgan fingerprint density at radius 2 is 1.88 bits per heavy atom. The van der Waals surface area contributed by atoms with Gasteiger partial charge in [-0.05, 0) is 62.2 Å². The van der Waals surface area contributed by atoms with Crippen LogP contribution in [0.4, 0.5) is 10.5 Å². The average molecular weight is 358 g/mol. The van der Waals surface area contributed by atoms with E-state index >= 15 is 0 Å². The Morgan fingerprint density at radius 1 is 1.16 bits per heavy atom. The Balaban J connectivity index is 1.63. The first kappa shape index (κ1) is 17.8. The van der Waals surface area contributed by atoms with E-state index in [0.29, 0.717) is 11.6 Å². The maximum Gasteiger partial charge on any atom is 0.319 e. The number of hydrogen-bond donors (Lipinski definition) is 2. The van der Waals surface area contributed by atoms with Crippen molar-refractivity contribution >= 4 is 23.3 Å². The molecule has 0 spiro atoms. The second-order valence-corrected chi connectivity index (χ2v) is 6.90. The SMILES string of the molecule is Cc1cc(Cl)ccc1NC(=O)NCC(c1ccccc1)N1CCCC1. The number of nitrogens with one attached hydrogen (secondary N) is 2. The number of likely N-dealkylation sites (tertiary alicyclic amines) is 1. The highest BCUT2D eigenvalue weighted by Gasteiger charge is 2.23. The molecule has 2 aromatic carbocycles. The van der Waals surface area contributed by atoms with Gasteiger partial charge in [0.05, 0.1) is 6.04 Å². The molecule has 1 aliphatic heterocycles. The Kier molecular flexibility index (Phi) is 5.95. The van der Waals surface area contributed by atoms with Gasteiger partial charge < -0.3 is 10.6 Å². The zero-order chi connectivity index (χ0) is 17.6. The Labute approximate surface area is 154 Å². The fraction of sp³-hybridized carbons (Fsp3) is 0.350. The molecule has 1 saturated heterocycles. The van der Waals surface area contributed by atoms with Crippen molar-refractivity contribution in [3.63, 3.8) is 0 Å². The monoisotopic (exact) mass is 357 g/mol. The molecule has 3 rings (SSSR count). The van der Waals surface area contributed by atoms with E-state index in [2.05, 4.69) is 39.8 Å². The van der Waals surface area contributed by atoms with Crippen LogP contribution in [0.3, 0.4) is 0 Å². The summed E-state index contributed by atoms with van der Waals surface area (Å²) >= 11 is 5.96. The molecule has 2 N–H and O–H groups in total. The van der Waals surface area contributed by atoms with Gasteiger partial charge in [0.15, 0.2) is 0 Å². The second kappa shape index (κ2) is 8.37. The van der Waals surface area contributed by atoms with Crippen molar-refractivity contribution in [2.75, 3.05) is 25.0 Å². The van der Waals surface area contributed by atoms with Crippen LogP contribution in [0.2, 0.25) is 5.02 Å². The van der Waals surface area contributed by atoms with Gasteiger partial charge in [-0.3, -0.25) is 4.90 Å². The Morgan fingerprint density at radius 3 is 2.56 bits per heavy atom. The van der Waals surface area contributed by atoms with Crippen molar-refractivity contribution in [1.29, 1.82) is 0 Å². The summed E-state index contributed by atoms with van der Waals surface area (Å²) < 4.78 is 0. The first-order valence-corrected chi connectivity index (χ1v) is 9.11. The van der Waals surface area contributed by atoms with Crippen LogP contribution in [0, 0.1) is 6.92 Å². The molecule has 0 bridgehead atoms. The van der Waals surface area contributed by atoms with Crippen molar-refractivity contribution < 1.29 is 4.79 Å². The molecule has 5 heteroatoms. The topological polar surface area (TPSA) is 44.4 Å². The fourth-order valence-corrected chi connectivity index (χ4v) is 3.54. The molecule has 25 heavy (non-hydrogen) atoms. The van der Waals surface area contributed by atoms with E-state index in [-0.39, 0.29) is 12.1 Å². The van der Waals surface area contributed by atoms with E-state index in [0.717, 1.165) is 24.3 Å². The molecule has 0 aliphatic carbocycles. The van der Waals surface area contributed by atoms with Crippen LogP contribution in [0.5, 0.6) is 0 Å². The summed E-state index contributed by atoms with van der Waals surface area (Å²) in [6, 6.07) is 15.9. The summed E-state index contributed by atoms with van der Waals surface area (Å²) in [4.78, 5) is 14.8. The number of nitrogens with zero attached hydrogens (tertiary/aromatic N) is 1. The van der Waals surface area contributed by atoms with Gasteiger partial charge in [-0.25, -0.2) is 4.79 Å². The number of hydrogen-bond acceptors (Lipinski definition) is 2. The third kappa shape index (κ3) is 4.74. The fourth-order valence-electron chi connectivity index (χ4n) is 3.31. The number of rotatable bonds is 5. The van der Waals surface area contributed by atoms with Crippen molar-refractivity contribution in [2.24, 2.45) is 0 Å². The number of anilines is 1. The maximum absolute atomic E-state index is 12.3. The molecule has 1 atom stereocenters. The highest BCUT2D eigenvalue weighted by atomic mass is 35.5. The lowest BCUT2D eigenvalue weighted by molar-refractivity contribution is 0.227. The minimum Gasteiger partial charge on any atom is -0.336 e. The Bertz CT molecular complexity index is 714. The number of amides is 2. The zero-order valence-corrected chi connectivity index (χ0v) is 15.2. The Hall–Kier alpha value is -2.04.